The fraction of sp³-hybridized carbons (Fsp3) is 0.0274. The molecule has 0 aliphatic rings. The quantitative estimate of drug-likeness (QED) is 0.101. The molecule has 10 aromatic carbocycles. The summed E-state index contributed by atoms with van der Waals surface area (Å²) in [4.78, 5) is 14.8. The molecule has 4 heteroatoms. The van der Waals surface area contributed by atoms with E-state index < -0.39 is 13.7 Å². The van der Waals surface area contributed by atoms with Crippen molar-refractivity contribution in [2.24, 2.45) is 0 Å². The van der Waals surface area contributed by atoms with Crippen LogP contribution in [0, 0.1) is 31.9 Å². The maximum Gasteiger partial charge on any atom is 3.00 e. The number of aryl methyl sites for hydroxylation is 2. The Balaban J connectivity index is 0.00000680. The second-order valence-corrected chi connectivity index (χ2v) is 18.8. The summed E-state index contributed by atoms with van der Waals surface area (Å²) in [6.07, 6.45) is 5.28. The summed E-state index contributed by atoms with van der Waals surface area (Å²) >= 11 is 0. The van der Waals surface area contributed by atoms with Gasteiger partial charge < -0.3 is 15.0 Å². The minimum absolute atomic E-state index is 0. The second kappa shape index (κ2) is 21.2. The zero-order valence-electron chi connectivity index (χ0n) is 47.4. The van der Waals surface area contributed by atoms with Crippen molar-refractivity contribution in [1.82, 2.24) is 15.0 Å². The van der Waals surface area contributed by atoms with Gasteiger partial charge >= 0.3 is 20.1 Å². The van der Waals surface area contributed by atoms with E-state index in [-0.39, 0.29) is 31.2 Å². The van der Waals surface area contributed by atoms with Gasteiger partial charge in [-0.25, -0.2) is 0 Å². The number of benzene rings is 10. The van der Waals surface area contributed by atoms with Crippen LogP contribution in [0.4, 0.5) is 0 Å². The van der Waals surface area contributed by atoms with Crippen LogP contribution in [0.2, 0.25) is 0 Å². The summed E-state index contributed by atoms with van der Waals surface area (Å²) in [5.74, 6) is 0. The predicted octanol–water partition coefficient (Wildman–Crippen LogP) is 18.9. The van der Waals surface area contributed by atoms with Crippen LogP contribution in [0.1, 0.15) is 19.4 Å². The summed E-state index contributed by atoms with van der Waals surface area (Å²) in [6, 6.07) is 87.8. The molecule has 13 rings (SSSR count). The molecule has 0 N–H and O–H groups in total. The molecule has 364 valence electrons. The molecular formula is C73H48IrN3. The third-order valence-electron chi connectivity index (χ3n) is 14.2. The second-order valence-electron chi connectivity index (χ2n) is 18.8. The van der Waals surface area contributed by atoms with Crippen LogP contribution >= 0.6 is 0 Å². The first-order chi connectivity index (χ1) is 39.9. The van der Waals surface area contributed by atoms with E-state index in [4.69, 9.17) is 23.2 Å². The van der Waals surface area contributed by atoms with Crippen molar-refractivity contribution >= 4 is 21.5 Å². The van der Waals surface area contributed by atoms with Crippen LogP contribution < -0.4 is 0 Å². The Bertz CT molecular complexity index is 4380. The number of fused-ring (bicyclic) bond motifs is 3. The normalized spacial score (nSPS) is 12.6. The fourth-order valence-electron chi connectivity index (χ4n) is 10.5. The summed E-state index contributed by atoms with van der Waals surface area (Å²) < 4.78 is 53.3. The topological polar surface area (TPSA) is 38.7 Å². The van der Waals surface area contributed by atoms with Crippen molar-refractivity contribution in [3.8, 4) is 112 Å². The maximum absolute atomic E-state index is 8.88. The molecule has 0 saturated carbocycles. The van der Waals surface area contributed by atoms with Gasteiger partial charge in [-0.1, -0.05) is 140 Å². The number of hydrogen-bond donors (Lipinski definition) is 0. The zero-order valence-corrected chi connectivity index (χ0v) is 43.8. The summed E-state index contributed by atoms with van der Waals surface area (Å²) in [7, 11) is 0. The van der Waals surface area contributed by atoms with Crippen LogP contribution in [0.3, 0.4) is 0 Å². The van der Waals surface area contributed by atoms with E-state index >= 15 is 0 Å². The summed E-state index contributed by atoms with van der Waals surface area (Å²) in [6.45, 7) is -5.00. The SMILES string of the molecule is [2H]C([2H])([2H])c1cc(-c2[c-]cccc2)ncc1-c1ccccc1-c1cc(-c2ccccc2-c2cnc(-c3[c-]cccc3)cc2-c2ccc3c(ccc4ccccc43)c2)cc(-c2ccccc2-c2cnc(-c3[c-]cccc3)cc2C([2H])([2H])[2H])c1.[Ir+3]. The minimum Gasteiger partial charge on any atom is -0.304 e. The van der Waals surface area contributed by atoms with E-state index in [9.17, 15) is 0 Å². The van der Waals surface area contributed by atoms with Crippen LogP contribution in [-0.4, -0.2) is 15.0 Å². The molecule has 3 heterocycles. The van der Waals surface area contributed by atoms with Crippen LogP contribution in [-0.2, 0) is 20.1 Å². The van der Waals surface area contributed by atoms with E-state index in [1.807, 2.05) is 128 Å². The van der Waals surface area contributed by atoms with Gasteiger partial charge in [0.05, 0.1) is 0 Å². The Morgan fingerprint density at radius 2 is 0.701 bits per heavy atom. The third kappa shape index (κ3) is 9.51. The van der Waals surface area contributed by atoms with Gasteiger partial charge in [0.15, 0.2) is 0 Å². The van der Waals surface area contributed by atoms with Crippen molar-refractivity contribution in [3.63, 3.8) is 0 Å². The Morgan fingerprint density at radius 3 is 1.18 bits per heavy atom. The molecule has 0 bridgehead atoms. The number of nitrogens with zero attached hydrogens (tertiary/aromatic N) is 3. The van der Waals surface area contributed by atoms with E-state index in [0.29, 0.717) is 44.8 Å². The molecule has 0 atom stereocenters. The Hall–Kier alpha value is -9.18. The predicted molar refractivity (Wildman–Crippen MR) is 315 cm³/mol. The molecule has 0 saturated heterocycles. The molecular weight excluding hydrogens is 1110 g/mol. The molecule has 0 fully saturated rings. The molecule has 3 aromatic heterocycles. The van der Waals surface area contributed by atoms with E-state index in [2.05, 4.69) is 109 Å². The maximum atomic E-state index is 8.88. The van der Waals surface area contributed by atoms with Gasteiger partial charge in [0.25, 0.3) is 0 Å². The van der Waals surface area contributed by atoms with Gasteiger partial charge in [-0.3, -0.25) is 0 Å². The number of rotatable bonds is 10. The first-order valence-corrected chi connectivity index (χ1v) is 25.2. The monoisotopic (exact) mass is 1170 g/mol. The van der Waals surface area contributed by atoms with E-state index in [0.717, 1.165) is 72.3 Å². The summed E-state index contributed by atoms with van der Waals surface area (Å²) in [5, 5.41) is 4.65. The smallest absolute Gasteiger partial charge is 0.304 e. The van der Waals surface area contributed by atoms with Crippen molar-refractivity contribution in [1.29, 1.82) is 0 Å². The molecule has 13 aromatic rings. The molecule has 0 aliphatic heterocycles. The Morgan fingerprint density at radius 1 is 0.299 bits per heavy atom. The first-order valence-electron chi connectivity index (χ1n) is 28.2. The average Bonchev–Trinajstić information content (AvgIpc) is 3.68. The standard InChI is InChI=1S/C73H48N3.Ir/c1-48-38-71(51-21-6-3-7-22-51)74-45-68(48)64-31-17-14-28-60(64)56-41-57(61-29-15-18-32-65(61)69-46-75-72(39-49(69)2)52-23-8-4-9-24-52)43-58(42-56)62-30-16-19-33-66(62)70-47-76-73(53-25-10-5-11-26-53)44-67(70)55-36-37-63-54(40-55)35-34-50-20-12-13-27-59(50)63;/h3-21,23,25,27-47H,1-2H3;/q-3;+3/i1D3,2D3;. The van der Waals surface area contributed by atoms with Gasteiger partial charge in [0.1, 0.15) is 0 Å². The first kappa shape index (κ1) is 42.1. The van der Waals surface area contributed by atoms with Gasteiger partial charge in [0.2, 0.25) is 0 Å². The zero-order chi connectivity index (χ0) is 56.0. The molecule has 0 unspecified atom stereocenters. The molecule has 0 radical (unpaired) electrons. The van der Waals surface area contributed by atoms with E-state index in [1.165, 1.54) is 16.2 Å². The Labute approximate surface area is 472 Å². The minimum atomic E-state index is -2.50. The Kier molecular flexibility index (Phi) is 11.6. The van der Waals surface area contributed by atoms with Gasteiger partial charge in [0, 0.05) is 43.5 Å². The van der Waals surface area contributed by atoms with E-state index in [1.54, 1.807) is 36.7 Å². The van der Waals surface area contributed by atoms with Crippen LogP contribution in [0.5, 0.6) is 0 Å². The van der Waals surface area contributed by atoms with Crippen molar-refractivity contribution in [3.05, 3.63) is 285 Å². The van der Waals surface area contributed by atoms with Crippen molar-refractivity contribution < 1.29 is 28.3 Å². The third-order valence-corrected chi connectivity index (χ3v) is 14.2. The molecule has 0 aliphatic carbocycles. The van der Waals surface area contributed by atoms with Crippen LogP contribution in [0.15, 0.2) is 255 Å². The largest absolute Gasteiger partial charge is 3.00 e. The summed E-state index contributed by atoms with van der Waals surface area (Å²) in [5.41, 5.74) is 15.4. The van der Waals surface area contributed by atoms with Gasteiger partial charge in [-0.05, 0) is 149 Å². The molecule has 3 nitrogen and oxygen atoms in total. The fourth-order valence-corrected chi connectivity index (χ4v) is 10.5. The number of pyridine rings is 3. The number of aromatic nitrogens is 3. The molecule has 0 spiro atoms. The van der Waals surface area contributed by atoms with Gasteiger partial charge in [-0.2, -0.15) is 0 Å². The van der Waals surface area contributed by atoms with Crippen molar-refractivity contribution in [2.75, 3.05) is 0 Å². The average molecular weight is 1170 g/mol. The molecule has 0 amide bonds. The van der Waals surface area contributed by atoms with Crippen LogP contribution in [0.25, 0.3) is 133 Å². The van der Waals surface area contributed by atoms with Gasteiger partial charge in [-0.15, -0.1) is 108 Å². The number of hydrogen-bond acceptors (Lipinski definition) is 3. The van der Waals surface area contributed by atoms with Crippen molar-refractivity contribution in [2.45, 2.75) is 13.7 Å². The molecule has 77 heavy (non-hydrogen) atoms.